The molecule has 0 aromatic heterocycles. The SMILES string of the molecule is CCCC1CC(C)=C(OC)C1=O. The summed E-state index contributed by atoms with van der Waals surface area (Å²) in [6.45, 7) is 4.08. The number of carbonyl (C=O) groups excluding carboxylic acids is 1. The minimum Gasteiger partial charge on any atom is -0.493 e. The van der Waals surface area contributed by atoms with Crippen molar-refractivity contribution in [3.63, 3.8) is 0 Å². The van der Waals surface area contributed by atoms with Crippen LogP contribution in [0.5, 0.6) is 0 Å². The van der Waals surface area contributed by atoms with Crippen LogP contribution in [0.3, 0.4) is 0 Å². The van der Waals surface area contributed by atoms with Crippen LogP contribution in [-0.2, 0) is 9.53 Å². The van der Waals surface area contributed by atoms with Gasteiger partial charge >= 0.3 is 0 Å². The molecule has 1 unspecified atom stereocenters. The maximum Gasteiger partial charge on any atom is 0.200 e. The molecule has 0 saturated carbocycles. The van der Waals surface area contributed by atoms with E-state index in [9.17, 15) is 4.79 Å². The molecule has 0 heterocycles. The summed E-state index contributed by atoms with van der Waals surface area (Å²) < 4.78 is 5.04. The number of ether oxygens (including phenoxy) is 1. The highest BCUT2D eigenvalue weighted by Gasteiger charge is 2.30. The second-order valence-electron chi connectivity index (χ2n) is 3.37. The van der Waals surface area contributed by atoms with Gasteiger partial charge in [-0.15, -0.1) is 0 Å². The summed E-state index contributed by atoms with van der Waals surface area (Å²) in [5, 5.41) is 0. The van der Waals surface area contributed by atoms with E-state index in [-0.39, 0.29) is 11.7 Å². The fraction of sp³-hybridized carbons (Fsp3) is 0.700. The predicted molar refractivity (Wildman–Crippen MR) is 47.7 cm³/mol. The van der Waals surface area contributed by atoms with Crippen LogP contribution < -0.4 is 0 Å². The Morgan fingerprint density at radius 2 is 2.25 bits per heavy atom. The number of ketones is 1. The standard InChI is InChI=1S/C10H16O2/c1-4-5-8-6-7(2)10(12-3)9(8)11/h8H,4-6H2,1-3H3. The molecule has 1 aliphatic carbocycles. The second kappa shape index (κ2) is 3.74. The average Bonchev–Trinajstić information content (AvgIpc) is 2.29. The summed E-state index contributed by atoms with van der Waals surface area (Å²) >= 11 is 0. The quantitative estimate of drug-likeness (QED) is 0.646. The van der Waals surface area contributed by atoms with Gasteiger partial charge in [0.25, 0.3) is 0 Å². The number of hydrogen-bond donors (Lipinski definition) is 0. The molecule has 0 aliphatic heterocycles. The van der Waals surface area contributed by atoms with Crippen LogP contribution in [0.4, 0.5) is 0 Å². The predicted octanol–water partition coefficient (Wildman–Crippen LogP) is 2.30. The lowest BCUT2D eigenvalue weighted by molar-refractivity contribution is -0.121. The molecule has 12 heavy (non-hydrogen) atoms. The van der Waals surface area contributed by atoms with Crippen molar-refractivity contribution in [2.45, 2.75) is 33.1 Å². The van der Waals surface area contributed by atoms with Crippen molar-refractivity contribution >= 4 is 5.78 Å². The highest BCUT2D eigenvalue weighted by atomic mass is 16.5. The molecule has 2 nitrogen and oxygen atoms in total. The van der Waals surface area contributed by atoms with E-state index in [0.29, 0.717) is 5.76 Å². The minimum atomic E-state index is 0.199. The molecule has 0 radical (unpaired) electrons. The van der Waals surface area contributed by atoms with E-state index in [1.165, 1.54) is 0 Å². The molecule has 0 saturated heterocycles. The zero-order valence-corrected chi connectivity index (χ0v) is 8.02. The van der Waals surface area contributed by atoms with E-state index >= 15 is 0 Å². The van der Waals surface area contributed by atoms with Crippen molar-refractivity contribution in [1.82, 2.24) is 0 Å². The lowest BCUT2D eigenvalue weighted by atomic mass is 9.99. The molecule has 0 fully saturated rings. The van der Waals surface area contributed by atoms with E-state index < -0.39 is 0 Å². The minimum absolute atomic E-state index is 0.199. The zero-order valence-electron chi connectivity index (χ0n) is 8.02. The first kappa shape index (κ1) is 9.30. The largest absolute Gasteiger partial charge is 0.493 e. The van der Waals surface area contributed by atoms with Crippen molar-refractivity contribution in [2.75, 3.05) is 7.11 Å². The smallest absolute Gasteiger partial charge is 0.200 e. The van der Waals surface area contributed by atoms with E-state index in [1.54, 1.807) is 7.11 Å². The van der Waals surface area contributed by atoms with Gasteiger partial charge in [-0.1, -0.05) is 13.3 Å². The summed E-state index contributed by atoms with van der Waals surface area (Å²) in [6, 6.07) is 0. The van der Waals surface area contributed by atoms with E-state index in [2.05, 4.69) is 6.92 Å². The van der Waals surface area contributed by atoms with Crippen LogP contribution in [0, 0.1) is 5.92 Å². The maximum absolute atomic E-state index is 11.6. The second-order valence-corrected chi connectivity index (χ2v) is 3.37. The third-order valence-electron chi connectivity index (χ3n) is 2.38. The van der Waals surface area contributed by atoms with Crippen LogP contribution in [0.1, 0.15) is 33.1 Å². The van der Waals surface area contributed by atoms with E-state index in [4.69, 9.17) is 4.74 Å². The number of Topliss-reactive ketones (excluding diaryl/α,β-unsaturated/α-hetero) is 1. The molecule has 0 aromatic rings. The number of methoxy groups -OCH3 is 1. The number of carbonyl (C=O) groups is 1. The number of hydrogen-bond acceptors (Lipinski definition) is 2. The molecular weight excluding hydrogens is 152 g/mol. The first-order chi connectivity index (χ1) is 5.70. The Morgan fingerprint density at radius 1 is 1.58 bits per heavy atom. The van der Waals surface area contributed by atoms with Crippen molar-refractivity contribution in [1.29, 1.82) is 0 Å². The Kier molecular flexibility index (Phi) is 2.90. The molecule has 0 bridgehead atoms. The Balaban J connectivity index is 2.67. The van der Waals surface area contributed by atoms with Crippen LogP contribution in [0.25, 0.3) is 0 Å². The lowest BCUT2D eigenvalue weighted by Crippen LogP contribution is -2.10. The topological polar surface area (TPSA) is 26.3 Å². The Bertz CT molecular complexity index is 216. The summed E-state index contributed by atoms with van der Waals surface area (Å²) in [6.07, 6.45) is 2.96. The van der Waals surface area contributed by atoms with Crippen molar-refractivity contribution < 1.29 is 9.53 Å². The zero-order chi connectivity index (χ0) is 9.14. The number of allylic oxidation sites excluding steroid dienone is 2. The highest BCUT2D eigenvalue weighted by Crippen LogP contribution is 2.30. The molecule has 0 N–H and O–H groups in total. The molecule has 0 aromatic carbocycles. The fourth-order valence-electron chi connectivity index (χ4n) is 1.81. The molecule has 0 spiro atoms. The van der Waals surface area contributed by atoms with Crippen LogP contribution in [-0.4, -0.2) is 12.9 Å². The highest BCUT2D eigenvalue weighted by molar-refractivity contribution is 5.98. The van der Waals surface area contributed by atoms with Crippen LogP contribution in [0.15, 0.2) is 11.3 Å². The normalized spacial score (nSPS) is 23.6. The van der Waals surface area contributed by atoms with Gasteiger partial charge in [-0.3, -0.25) is 4.79 Å². The fourth-order valence-corrected chi connectivity index (χ4v) is 1.81. The van der Waals surface area contributed by atoms with Crippen molar-refractivity contribution in [3.05, 3.63) is 11.3 Å². The molecule has 1 rings (SSSR count). The first-order valence-corrected chi connectivity index (χ1v) is 4.48. The Labute approximate surface area is 73.6 Å². The molecule has 1 atom stereocenters. The van der Waals surface area contributed by atoms with Crippen molar-refractivity contribution in [2.24, 2.45) is 5.92 Å². The number of rotatable bonds is 3. The van der Waals surface area contributed by atoms with Gasteiger partial charge in [0, 0.05) is 5.92 Å². The Hall–Kier alpha value is -0.790. The molecule has 0 amide bonds. The Morgan fingerprint density at radius 3 is 2.67 bits per heavy atom. The van der Waals surface area contributed by atoms with Gasteiger partial charge in [-0.25, -0.2) is 0 Å². The molecule has 1 aliphatic rings. The van der Waals surface area contributed by atoms with Gasteiger partial charge in [0.05, 0.1) is 7.11 Å². The molecular formula is C10H16O2. The van der Waals surface area contributed by atoms with Gasteiger partial charge < -0.3 is 4.74 Å². The molecule has 2 heteroatoms. The van der Waals surface area contributed by atoms with Gasteiger partial charge in [0.1, 0.15) is 0 Å². The monoisotopic (exact) mass is 168 g/mol. The molecule has 68 valence electrons. The maximum atomic E-state index is 11.6. The van der Waals surface area contributed by atoms with E-state index in [0.717, 1.165) is 24.8 Å². The van der Waals surface area contributed by atoms with Gasteiger partial charge in [0.15, 0.2) is 5.76 Å². The summed E-state index contributed by atoms with van der Waals surface area (Å²) in [7, 11) is 1.57. The summed E-state index contributed by atoms with van der Waals surface area (Å²) in [4.78, 5) is 11.6. The van der Waals surface area contributed by atoms with Gasteiger partial charge in [0.2, 0.25) is 5.78 Å². The summed E-state index contributed by atoms with van der Waals surface area (Å²) in [5.41, 5.74) is 1.11. The lowest BCUT2D eigenvalue weighted by Gasteiger charge is -2.05. The van der Waals surface area contributed by atoms with Crippen molar-refractivity contribution in [3.8, 4) is 0 Å². The third kappa shape index (κ3) is 1.52. The third-order valence-corrected chi connectivity index (χ3v) is 2.38. The van der Waals surface area contributed by atoms with Gasteiger partial charge in [-0.2, -0.15) is 0 Å². The van der Waals surface area contributed by atoms with Gasteiger partial charge in [-0.05, 0) is 25.3 Å². The van der Waals surface area contributed by atoms with E-state index in [1.807, 2.05) is 6.92 Å². The van der Waals surface area contributed by atoms with Crippen LogP contribution >= 0.6 is 0 Å². The summed E-state index contributed by atoms with van der Waals surface area (Å²) in [5.74, 6) is 1.01. The van der Waals surface area contributed by atoms with Crippen LogP contribution in [0.2, 0.25) is 0 Å². The average molecular weight is 168 g/mol. The first-order valence-electron chi connectivity index (χ1n) is 4.48.